The summed E-state index contributed by atoms with van der Waals surface area (Å²) in [4.78, 5) is 11.6. The van der Waals surface area contributed by atoms with Crippen molar-refractivity contribution in [1.82, 2.24) is 0 Å². The van der Waals surface area contributed by atoms with Gasteiger partial charge < -0.3 is 4.74 Å². The summed E-state index contributed by atoms with van der Waals surface area (Å²) in [6, 6.07) is 13.5. The molecular formula is C16H15FO2. The fourth-order valence-electron chi connectivity index (χ4n) is 1.87. The van der Waals surface area contributed by atoms with Gasteiger partial charge in [0.2, 0.25) is 0 Å². The van der Waals surface area contributed by atoms with Gasteiger partial charge in [-0.25, -0.2) is 4.39 Å². The maximum Gasteiger partial charge on any atom is 0.312 e. The number of benzene rings is 2. The van der Waals surface area contributed by atoms with E-state index in [2.05, 4.69) is 4.74 Å². The summed E-state index contributed by atoms with van der Waals surface area (Å²) >= 11 is 0. The molecule has 0 fully saturated rings. The molecule has 19 heavy (non-hydrogen) atoms. The third kappa shape index (κ3) is 2.81. The van der Waals surface area contributed by atoms with E-state index >= 15 is 0 Å². The third-order valence-electron chi connectivity index (χ3n) is 2.98. The molecule has 1 atom stereocenters. The fourth-order valence-corrected chi connectivity index (χ4v) is 1.87. The Balaban J connectivity index is 2.43. The van der Waals surface area contributed by atoms with Crippen LogP contribution in [0.25, 0.3) is 11.1 Å². The highest BCUT2D eigenvalue weighted by Gasteiger charge is 2.17. The van der Waals surface area contributed by atoms with Crippen LogP contribution < -0.4 is 0 Å². The minimum absolute atomic E-state index is 0.265. The molecule has 0 aliphatic carbocycles. The van der Waals surface area contributed by atoms with Crippen molar-refractivity contribution in [1.29, 1.82) is 0 Å². The second kappa shape index (κ2) is 5.65. The normalized spacial score (nSPS) is 14.4. The minimum atomic E-state index is -1.62. The van der Waals surface area contributed by atoms with E-state index in [1.54, 1.807) is 24.3 Å². The van der Waals surface area contributed by atoms with Crippen LogP contribution >= 0.6 is 0 Å². The Bertz CT molecular complexity index is 624. The Morgan fingerprint density at radius 3 is 2.53 bits per heavy atom. The number of halogens is 1. The van der Waals surface area contributed by atoms with Crippen LogP contribution in [0.4, 0.5) is 4.39 Å². The van der Waals surface area contributed by atoms with Gasteiger partial charge in [0, 0.05) is 6.93 Å². The van der Waals surface area contributed by atoms with Crippen LogP contribution in [-0.4, -0.2) is 13.1 Å². The first-order chi connectivity index (χ1) is 9.46. The van der Waals surface area contributed by atoms with Gasteiger partial charge in [-0.3, -0.25) is 4.79 Å². The van der Waals surface area contributed by atoms with Gasteiger partial charge in [0.15, 0.2) is 0 Å². The zero-order valence-corrected chi connectivity index (χ0v) is 10.8. The Morgan fingerprint density at radius 2 is 1.95 bits per heavy atom. The van der Waals surface area contributed by atoms with Crippen molar-refractivity contribution < 1.29 is 15.3 Å². The smallest absolute Gasteiger partial charge is 0.312 e. The lowest BCUT2D eigenvalue weighted by Gasteiger charge is -2.11. The Morgan fingerprint density at radius 1 is 1.26 bits per heavy atom. The zero-order chi connectivity index (χ0) is 14.8. The van der Waals surface area contributed by atoms with Gasteiger partial charge in [-0.1, -0.05) is 42.5 Å². The van der Waals surface area contributed by atoms with E-state index in [1.807, 2.05) is 18.2 Å². The van der Waals surface area contributed by atoms with Crippen LogP contribution in [0.1, 0.15) is 19.8 Å². The lowest BCUT2D eigenvalue weighted by molar-refractivity contribution is -0.141. The number of esters is 1. The van der Waals surface area contributed by atoms with Crippen LogP contribution in [0.5, 0.6) is 0 Å². The number of ether oxygens (including phenoxy) is 1. The second-order valence-electron chi connectivity index (χ2n) is 4.18. The number of methoxy groups -OCH3 is 1. The summed E-state index contributed by atoms with van der Waals surface area (Å²) in [6.07, 6.45) is 0. The van der Waals surface area contributed by atoms with Gasteiger partial charge in [0.1, 0.15) is 5.82 Å². The van der Waals surface area contributed by atoms with Crippen molar-refractivity contribution in [2.45, 2.75) is 12.8 Å². The van der Waals surface area contributed by atoms with Crippen molar-refractivity contribution in [2.24, 2.45) is 0 Å². The molecule has 2 aromatic rings. The largest absolute Gasteiger partial charge is 0.469 e. The molecule has 2 aromatic carbocycles. The number of carbonyl (C=O) groups excluding carboxylic acids is 1. The molecule has 0 aliphatic heterocycles. The van der Waals surface area contributed by atoms with E-state index in [0.29, 0.717) is 5.56 Å². The molecule has 3 heteroatoms. The molecule has 0 radical (unpaired) electrons. The Kier molecular flexibility index (Phi) is 3.54. The molecule has 0 aliphatic rings. The van der Waals surface area contributed by atoms with Crippen molar-refractivity contribution in [2.75, 3.05) is 7.11 Å². The summed E-state index contributed by atoms with van der Waals surface area (Å²) in [5, 5.41) is 0. The maximum atomic E-state index is 14.2. The highest BCUT2D eigenvalue weighted by Crippen LogP contribution is 2.26. The minimum Gasteiger partial charge on any atom is -0.469 e. The quantitative estimate of drug-likeness (QED) is 0.784. The monoisotopic (exact) mass is 259 g/mol. The first kappa shape index (κ1) is 11.9. The van der Waals surface area contributed by atoms with Crippen LogP contribution in [0.15, 0.2) is 48.5 Å². The van der Waals surface area contributed by atoms with Gasteiger partial charge in [0.05, 0.1) is 13.0 Å². The molecule has 0 heterocycles. The van der Waals surface area contributed by atoms with Crippen LogP contribution in [0, 0.1) is 5.82 Å². The molecule has 2 nitrogen and oxygen atoms in total. The van der Waals surface area contributed by atoms with Crippen LogP contribution in [0.3, 0.4) is 0 Å². The molecule has 0 N–H and O–H groups in total. The number of carbonyl (C=O) groups is 1. The van der Waals surface area contributed by atoms with Crippen LogP contribution in [0.2, 0.25) is 0 Å². The SMILES string of the molecule is [2H]C(C)(C(=O)OC)c1ccc(-c2ccccc2)c(F)c1. The predicted octanol–water partition coefficient (Wildman–Crippen LogP) is 3.77. The highest BCUT2D eigenvalue weighted by atomic mass is 19.1. The molecule has 1 unspecified atom stereocenters. The van der Waals surface area contributed by atoms with Gasteiger partial charge in [0.25, 0.3) is 0 Å². The number of rotatable bonds is 3. The average molecular weight is 259 g/mol. The van der Waals surface area contributed by atoms with E-state index in [-0.39, 0.29) is 5.56 Å². The molecule has 2 rings (SSSR count). The van der Waals surface area contributed by atoms with E-state index in [9.17, 15) is 9.18 Å². The molecule has 0 aromatic heterocycles. The maximum absolute atomic E-state index is 14.2. The summed E-state index contributed by atoms with van der Waals surface area (Å²) in [6.45, 7) is 1.38. The summed E-state index contributed by atoms with van der Waals surface area (Å²) in [7, 11) is 1.21. The van der Waals surface area contributed by atoms with E-state index in [4.69, 9.17) is 1.37 Å². The van der Waals surface area contributed by atoms with E-state index < -0.39 is 17.7 Å². The molecule has 0 saturated heterocycles. The predicted molar refractivity (Wildman–Crippen MR) is 72.3 cm³/mol. The van der Waals surface area contributed by atoms with Crippen molar-refractivity contribution in [3.05, 3.63) is 59.9 Å². The van der Waals surface area contributed by atoms with Crippen LogP contribution in [-0.2, 0) is 9.53 Å². The lowest BCUT2D eigenvalue weighted by Crippen LogP contribution is -2.11. The average Bonchev–Trinajstić information content (AvgIpc) is 2.47. The molecular weight excluding hydrogens is 243 g/mol. The van der Waals surface area contributed by atoms with Gasteiger partial charge >= 0.3 is 5.97 Å². The first-order valence-corrected chi connectivity index (χ1v) is 5.90. The molecule has 0 amide bonds. The Hall–Kier alpha value is -2.16. The number of hydrogen-bond donors (Lipinski definition) is 0. The molecule has 98 valence electrons. The standard InChI is InChI=1S/C16H15FO2/c1-11(16(18)19-2)13-8-9-14(15(17)10-13)12-6-4-3-5-7-12/h3-11H,1-2H3/i11D. The summed E-state index contributed by atoms with van der Waals surface area (Å²) in [5.74, 6) is -2.80. The highest BCUT2D eigenvalue weighted by molar-refractivity contribution is 5.78. The first-order valence-electron chi connectivity index (χ1n) is 6.40. The Labute approximate surface area is 113 Å². The van der Waals surface area contributed by atoms with Crippen molar-refractivity contribution in [3.63, 3.8) is 0 Å². The fraction of sp³-hybridized carbons (Fsp3) is 0.188. The van der Waals surface area contributed by atoms with Gasteiger partial charge in [-0.2, -0.15) is 0 Å². The zero-order valence-electron chi connectivity index (χ0n) is 11.8. The summed E-state index contributed by atoms with van der Waals surface area (Å²) < 4.78 is 26.8. The van der Waals surface area contributed by atoms with Gasteiger partial charge in [-0.15, -0.1) is 0 Å². The van der Waals surface area contributed by atoms with Gasteiger partial charge in [-0.05, 0) is 24.1 Å². The molecule has 0 spiro atoms. The third-order valence-corrected chi connectivity index (χ3v) is 2.98. The molecule has 0 bridgehead atoms. The van der Waals surface area contributed by atoms with E-state index in [1.165, 1.54) is 20.1 Å². The number of hydrogen-bond acceptors (Lipinski definition) is 2. The lowest BCUT2D eigenvalue weighted by atomic mass is 9.97. The molecule has 0 saturated carbocycles. The second-order valence-corrected chi connectivity index (χ2v) is 4.18. The van der Waals surface area contributed by atoms with E-state index in [0.717, 1.165) is 5.56 Å². The topological polar surface area (TPSA) is 26.3 Å². The van der Waals surface area contributed by atoms with Crippen molar-refractivity contribution >= 4 is 5.97 Å². The van der Waals surface area contributed by atoms with Crippen molar-refractivity contribution in [3.8, 4) is 11.1 Å². The summed E-state index contributed by atoms with van der Waals surface area (Å²) in [5.41, 5.74) is 1.46.